The highest BCUT2D eigenvalue weighted by Gasteiger charge is 2.49. The van der Waals surface area contributed by atoms with Gasteiger partial charge in [0.15, 0.2) is 0 Å². The van der Waals surface area contributed by atoms with Crippen molar-refractivity contribution in [2.45, 2.75) is 46.1 Å². The molecule has 0 spiro atoms. The van der Waals surface area contributed by atoms with Crippen LogP contribution in [0.5, 0.6) is 0 Å². The van der Waals surface area contributed by atoms with Gasteiger partial charge in [-0.2, -0.15) is 0 Å². The molecule has 1 N–H and O–H groups in total. The number of aliphatic hydroxyl groups is 1. The molecule has 0 heterocycles. The molecule has 1 aliphatic rings. The van der Waals surface area contributed by atoms with Crippen molar-refractivity contribution in [2.24, 2.45) is 11.3 Å². The van der Waals surface area contributed by atoms with Crippen LogP contribution in [0.2, 0.25) is 0 Å². The van der Waals surface area contributed by atoms with Gasteiger partial charge in [-0.25, -0.2) is 0 Å². The molecular formula is C9H18O. The molecule has 0 bridgehead atoms. The van der Waals surface area contributed by atoms with Crippen molar-refractivity contribution in [3.63, 3.8) is 0 Å². The van der Waals surface area contributed by atoms with Crippen LogP contribution < -0.4 is 0 Å². The topological polar surface area (TPSA) is 20.2 Å². The fraction of sp³-hybridized carbons (Fsp3) is 1.00. The van der Waals surface area contributed by atoms with Gasteiger partial charge < -0.3 is 5.11 Å². The lowest BCUT2D eigenvalue weighted by molar-refractivity contribution is -0.142. The molecule has 0 atom stereocenters. The summed E-state index contributed by atoms with van der Waals surface area (Å²) < 4.78 is 0. The van der Waals surface area contributed by atoms with E-state index in [4.69, 9.17) is 0 Å². The van der Waals surface area contributed by atoms with Gasteiger partial charge in [0.25, 0.3) is 0 Å². The summed E-state index contributed by atoms with van der Waals surface area (Å²) in [5, 5.41) is 9.82. The maximum absolute atomic E-state index is 9.82. The third-order valence-electron chi connectivity index (χ3n) is 2.64. The maximum atomic E-state index is 9.82. The van der Waals surface area contributed by atoms with Gasteiger partial charge >= 0.3 is 0 Å². The van der Waals surface area contributed by atoms with E-state index in [-0.39, 0.29) is 5.60 Å². The van der Waals surface area contributed by atoms with Gasteiger partial charge in [0.1, 0.15) is 0 Å². The van der Waals surface area contributed by atoms with Gasteiger partial charge in [0.05, 0.1) is 5.60 Å². The van der Waals surface area contributed by atoms with Gasteiger partial charge in [-0.3, -0.25) is 0 Å². The van der Waals surface area contributed by atoms with Crippen LogP contribution in [0, 0.1) is 11.3 Å². The Morgan fingerprint density at radius 2 is 1.60 bits per heavy atom. The average molecular weight is 142 g/mol. The zero-order chi connectivity index (χ0) is 7.99. The first-order valence-electron chi connectivity index (χ1n) is 4.08. The van der Waals surface area contributed by atoms with E-state index in [0.29, 0.717) is 11.3 Å². The van der Waals surface area contributed by atoms with Gasteiger partial charge in [-0.05, 0) is 24.2 Å². The molecule has 0 aromatic carbocycles. The summed E-state index contributed by atoms with van der Waals surface area (Å²) >= 11 is 0. The van der Waals surface area contributed by atoms with E-state index in [1.807, 2.05) is 0 Å². The molecule has 0 unspecified atom stereocenters. The fourth-order valence-electron chi connectivity index (χ4n) is 2.01. The van der Waals surface area contributed by atoms with Crippen molar-refractivity contribution < 1.29 is 5.11 Å². The molecular weight excluding hydrogens is 124 g/mol. The van der Waals surface area contributed by atoms with Crippen LogP contribution in [0.1, 0.15) is 40.5 Å². The van der Waals surface area contributed by atoms with Crippen molar-refractivity contribution in [2.75, 3.05) is 0 Å². The van der Waals surface area contributed by atoms with Crippen LogP contribution in [0.3, 0.4) is 0 Å². The second kappa shape index (κ2) is 1.97. The van der Waals surface area contributed by atoms with E-state index >= 15 is 0 Å². The van der Waals surface area contributed by atoms with Crippen LogP contribution in [-0.4, -0.2) is 10.7 Å². The molecule has 1 aliphatic carbocycles. The monoisotopic (exact) mass is 142 g/mol. The molecule has 0 radical (unpaired) electrons. The predicted octanol–water partition coefficient (Wildman–Crippen LogP) is 2.19. The van der Waals surface area contributed by atoms with Gasteiger partial charge in [0.2, 0.25) is 0 Å². The molecule has 1 rings (SSSR count). The molecule has 1 nitrogen and oxygen atoms in total. The minimum absolute atomic E-state index is 0.344. The highest BCUT2D eigenvalue weighted by atomic mass is 16.3. The van der Waals surface area contributed by atoms with Crippen molar-refractivity contribution in [1.29, 1.82) is 0 Å². The molecule has 0 amide bonds. The lowest BCUT2D eigenvalue weighted by Gasteiger charge is -2.52. The van der Waals surface area contributed by atoms with Crippen LogP contribution in [0.25, 0.3) is 0 Å². The Morgan fingerprint density at radius 1 is 1.20 bits per heavy atom. The Kier molecular flexibility index (Phi) is 1.59. The van der Waals surface area contributed by atoms with Crippen LogP contribution in [0.15, 0.2) is 0 Å². The Bertz CT molecular complexity index is 128. The first kappa shape index (κ1) is 8.06. The molecule has 1 saturated carbocycles. The Hall–Kier alpha value is -0.0400. The second-order valence-corrected chi connectivity index (χ2v) is 4.78. The van der Waals surface area contributed by atoms with Crippen LogP contribution in [0.4, 0.5) is 0 Å². The highest BCUT2D eigenvalue weighted by Crippen LogP contribution is 2.51. The van der Waals surface area contributed by atoms with Gasteiger partial charge in [-0.15, -0.1) is 0 Å². The summed E-state index contributed by atoms with van der Waals surface area (Å²) in [7, 11) is 0. The Balaban J connectivity index is 2.50. The smallest absolute Gasteiger partial charge is 0.0680 e. The van der Waals surface area contributed by atoms with E-state index < -0.39 is 0 Å². The molecule has 1 heteroatoms. The largest absolute Gasteiger partial charge is 0.390 e. The summed E-state index contributed by atoms with van der Waals surface area (Å²) in [6.07, 6.45) is 1.94. The molecule has 60 valence electrons. The fourth-order valence-corrected chi connectivity index (χ4v) is 2.01. The summed E-state index contributed by atoms with van der Waals surface area (Å²) in [6.45, 7) is 8.61. The SMILES string of the molecule is CC(C)C1(O)CC(C)(C)C1. The maximum Gasteiger partial charge on any atom is 0.0680 e. The van der Waals surface area contributed by atoms with E-state index in [1.54, 1.807) is 0 Å². The number of hydrogen-bond acceptors (Lipinski definition) is 1. The minimum atomic E-state index is -0.344. The normalized spacial score (nSPS) is 28.2. The first-order valence-corrected chi connectivity index (χ1v) is 4.08. The van der Waals surface area contributed by atoms with E-state index in [9.17, 15) is 5.11 Å². The Morgan fingerprint density at radius 3 is 1.70 bits per heavy atom. The second-order valence-electron chi connectivity index (χ2n) is 4.78. The third-order valence-corrected chi connectivity index (χ3v) is 2.64. The molecule has 10 heavy (non-hydrogen) atoms. The quantitative estimate of drug-likeness (QED) is 0.595. The zero-order valence-corrected chi connectivity index (χ0v) is 7.44. The summed E-state index contributed by atoms with van der Waals surface area (Å²) in [6, 6.07) is 0. The first-order chi connectivity index (χ1) is 4.36. The lowest BCUT2D eigenvalue weighted by Crippen LogP contribution is -2.52. The van der Waals surface area contributed by atoms with E-state index in [0.717, 1.165) is 12.8 Å². The van der Waals surface area contributed by atoms with Crippen molar-refractivity contribution >= 4 is 0 Å². The van der Waals surface area contributed by atoms with Crippen molar-refractivity contribution in [1.82, 2.24) is 0 Å². The zero-order valence-electron chi connectivity index (χ0n) is 7.44. The van der Waals surface area contributed by atoms with Crippen molar-refractivity contribution in [3.05, 3.63) is 0 Å². The third kappa shape index (κ3) is 1.20. The molecule has 1 fully saturated rings. The minimum Gasteiger partial charge on any atom is -0.390 e. The van der Waals surface area contributed by atoms with Gasteiger partial charge in [0, 0.05) is 0 Å². The average Bonchev–Trinajstić information content (AvgIpc) is 1.59. The summed E-state index contributed by atoms with van der Waals surface area (Å²) in [4.78, 5) is 0. The Labute approximate surface area is 63.4 Å². The van der Waals surface area contributed by atoms with Crippen LogP contribution >= 0.6 is 0 Å². The summed E-state index contributed by atoms with van der Waals surface area (Å²) in [5.74, 6) is 0.417. The van der Waals surface area contributed by atoms with Gasteiger partial charge in [-0.1, -0.05) is 27.7 Å². The molecule has 0 aliphatic heterocycles. The van der Waals surface area contributed by atoms with Crippen LogP contribution in [-0.2, 0) is 0 Å². The van der Waals surface area contributed by atoms with E-state index in [1.165, 1.54) is 0 Å². The molecule has 0 aromatic rings. The predicted molar refractivity (Wildman–Crippen MR) is 42.8 cm³/mol. The lowest BCUT2D eigenvalue weighted by atomic mass is 9.57. The standard InChI is InChI=1S/C9H18O/c1-7(2)9(10)5-8(3,4)6-9/h7,10H,5-6H2,1-4H3. The van der Waals surface area contributed by atoms with Crippen molar-refractivity contribution in [3.8, 4) is 0 Å². The summed E-state index contributed by atoms with van der Waals surface area (Å²) in [5.41, 5.74) is 0.0442. The highest BCUT2D eigenvalue weighted by molar-refractivity contribution is 5.01. The number of rotatable bonds is 1. The molecule has 0 saturated heterocycles. The van der Waals surface area contributed by atoms with E-state index in [2.05, 4.69) is 27.7 Å². The molecule has 0 aromatic heterocycles. The number of hydrogen-bond donors (Lipinski definition) is 1.